The van der Waals surface area contributed by atoms with Crippen LogP contribution in [0.3, 0.4) is 0 Å². The maximum absolute atomic E-state index is 11.9. The van der Waals surface area contributed by atoms with Crippen molar-refractivity contribution in [3.63, 3.8) is 0 Å². The van der Waals surface area contributed by atoms with Crippen molar-refractivity contribution in [2.24, 2.45) is 0 Å². The number of esters is 1. The van der Waals surface area contributed by atoms with Gasteiger partial charge in [-0.3, -0.25) is 0 Å². The molecule has 0 bridgehead atoms. The van der Waals surface area contributed by atoms with Gasteiger partial charge < -0.3 is 15.2 Å². The van der Waals surface area contributed by atoms with Gasteiger partial charge in [-0.15, -0.1) is 0 Å². The lowest BCUT2D eigenvalue weighted by atomic mass is 10.1. The van der Waals surface area contributed by atoms with Crippen LogP contribution in [0.2, 0.25) is 0 Å². The second-order valence-corrected chi connectivity index (χ2v) is 4.78. The van der Waals surface area contributed by atoms with Crippen molar-refractivity contribution in [1.82, 2.24) is 0 Å². The summed E-state index contributed by atoms with van der Waals surface area (Å²) in [5.41, 5.74) is 7.79. The minimum atomic E-state index is -0.378. The molecule has 4 heteroatoms. The molecule has 1 atom stereocenters. The fourth-order valence-electron chi connectivity index (χ4n) is 2.26. The number of hydrogen-bond acceptors (Lipinski definition) is 4. The van der Waals surface area contributed by atoms with Crippen LogP contribution in [0.25, 0.3) is 0 Å². The largest absolute Gasteiger partial charge is 0.486 e. The molecular formula is C16H15NO3. The number of carbonyl (C=O) groups excluding carboxylic acids is 1. The number of benzene rings is 2. The SMILES string of the molecule is Nc1cccc(C(=O)OCC2Cc3ccccc3O2)c1. The van der Waals surface area contributed by atoms with Gasteiger partial charge in [0.2, 0.25) is 0 Å². The van der Waals surface area contributed by atoms with Crippen molar-refractivity contribution in [3.05, 3.63) is 59.7 Å². The van der Waals surface area contributed by atoms with Gasteiger partial charge in [0.05, 0.1) is 5.56 Å². The Morgan fingerprint density at radius 3 is 2.90 bits per heavy atom. The fourth-order valence-corrected chi connectivity index (χ4v) is 2.26. The second-order valence-electron chi connectivity index (χ2n) is 4.78. The average Bonchev–Trinajstić information content (AvgIpc) is 2.87. The number of ether oxygens (including phenoxy) is 2. The van der Waals surface area contributed by atoms with E-state index in [4.69, 9.17) is 15.2 Å². The third-order valence-electron chi connectivity index (χ3n) is 3.24. The molecule has 0 fully saturated rings. The maximum Gasteiger partial charge on any atom is 0.338 e. The first-order chi connectivity index (χ1) is 9.72. The zero-order valence-corrected chi connectivity index (χ0v) is 10.9. The first kappa shape index (κ1) is 12.5. The van der Waals surface area contributed by atoms with Crippen molar-refractivity contribution < 1.29 is 14.3 Å². The highest BCUT2D eigenvalue weighted by atomic mass is 16.6. The number of carbonyl (C=O) groups is 1. The fraction of sp³-hybridized carbons (Fsp3) is 0.188. The minimum Gasteiger partial charge on any atom is -0.486 e. The van der Waals surface area contributed by atoms with Gasteiger partial charge in [0.15, 0.2) is 0 Å². The lowest BCUT2D eigenvalue weighted by Crippen LogP contribution is -2.22. The molecule has 1 unspecified atom stereocenters. The monoisotopic (exact) mass is 269 g/mol. The zero-order valence-electron chi connectivity index (χ0n) is 10.9. The van der Waals surface area contributed by atoms with Crippen molar-refractivity contribution in [2.75, 3.05) is 12.3 Å². The average molecular weight is 269 g/mol. The van der Waals surface area contributed by atoms with Gasteiger partial charge in [0.25, 0.3) is 0 Å². The van der Waals surface area contributed by atoms with Crippen molar-refractivity contribution in [1.29, 1.82) is 0 Å². The summed E-state index contributed by atoms with van der Waals surface area (Å²) in [4.78, 5) is 11.9. The van der Waals surface area contributed by atoms with E-state index in [2.05, 4.69) is 0 Å². The molecule has 1 aliphatic heterocycles. The van der Waals surface area contributed by atoms with Crippen LogP contribution < -0.4 is 10.5 Å². The molecular weight excluding hydrogens is 254 g/mol. The molecule has 2 N–H and O–H groups in total. The second kappa shape index (κ2) is 5.25. The summed E-state index contributed by atoms with van der Waals surface area (Å²) in [5.74, 6) is 0.495. The van der Waals surface area contributed by atoms with Crippen LogP contribution in [0.15, 0.2) is 48.5 Å². The smallest absolute Gasteiger partial charge is 0.338 e. The van der Waals surface area contributed by atoms with E-state index in [1.165, 1.54) is 0 Å². The minimum absolute atomic E-state index is 0.114. The molecule has 1 aliphatic rings. The summed E-state index contributed by atoms with van der Waals surface area (Å²) in [5, 5.41) is 0. The summed E-state index contributed by atoms with van der Waals surface area (Å²) in [6, 6.07) is 14.6. The molecule has 0 aromatic heterocycles. The summed E-state index contributed by atoms with van der Waals surface area (Å²) in [6.45, 7) is 0.238. The Morgan fingerprint density at radius 1 is 1.25 bits per heavy atom. The topological polar surface area (TPSA) is 61.6 Å². The Morgan fingerprint density at radius 2 is 2.10 bits per heavy atom. The predicted octanol–water partition coefficient (Wildman–Crippen LogP) is 2.43. The number of rotatable bonds is 3. The number of anilines is 1. The number of fused-ring (bicyclic) bond motifs is 1. The van der Waals surface area contributed by atoms with Gasteiger partial charge in [0, 0.05) is 12.1 Å². The van der Waals surface area contributed by atoms with Gasteiger partial charge in [-0.05, 0) is 29.8 Å². The standard InChI is InChI=1S/C16H15NO3/c17-13-6-3-5-12(8-13)16(18)19-10-14-9-11-4-1-2-7-15(11)20-14/h1-8,14H,9-10,17H2. The molecule has 102 valence electrons. The van der Waals surface area contributed by atoms with Gasteiger partial charge in [0.1, 0.15) is 18.5 Å². The normalized spacial score (nSPS) is 16.3. The van der Waals surface area contributed by atoms with E-state index in [1.54, 1.807) is 24.3 Å². The van der Waals surface area contributed by atoms with E-state index in [9.17, 15) is 4.79 Å². The highest BCUT2D eigenvalue weighted by Gasteiger charge is 2.23. The molecule has 2 aromatic rings. The molecule has 2 aromatic carbocycles. The number of nitrogen functional groups attached to an aromatic ring is 1. The molecule has 1 heterocycles. The van der Waals surface area contributed by atoms with Crippen LogP contribution in [-0.2, 0) is 11.2 Å². The Kier molecular flexibility index (Phi) is 3.29. The first-order valence-electron chi connectivity index (χ1n) is 6.49. The van der Waals surface area contributed by atoms with Crippen LogP contribution in [0.1, 0.15) is 15.9 Å². The van der Waals surface area contributed by atoms with Crippen LogP contribution in [0.5, 0.6) is 5.75 Å². The molecule has 0 saturated carbocycles. The van der Waals surface area contributed by atoms with E-state index in [1.807, 2.05) is 24.3 Å². The van der Waals surface area contributed by atoms with Crippen molar-refractivity contribution in [2.45, 2.75) is 12.5 Å². The van der Waals surface area contributed by atoms with E-state index >= 15 is 0 Å². The Labute approximate surface area is 117 Å². The quantitative estimate of drug-likeness (QED) is 0.686. The summed E-state index contributed by atoms with van der Waals surface area (Å²) in [7, 11) is 0. The lowest BCUT2D eigenvalue weighted by Gasteiger charge is -2.11. The molecule has 0 aliphatic carbocycles. The molecule has 0 saturated heterocycles. The summed E-state index contributed by atoms with van der Waals surface area (Å²) >= 11 is 0. The number of hydrogen-bond donors (Lipinski definition) is 1. The zero-order chi connectivity index (χ0) is 13.9. The maximum atomic E-state index is 11.9. The molecule has 3 rings (SSSR count). The van der Waals surface area contributed by atoms with Crippen LogP contribution >= 0.6 is 0 Å². The molecule has 20 heavy (non-hydrogen) atoms. The third-order valence-corrected chi connectivity index (χ3v) is 3.24. The number of para-hydroxylation sites is 1. The van der Waals surface area contributed by atoms with Crippen LogP contribution in [0.4, 0.5) is 5.69 Å². The van der Waals surface area contributed by atoms with Crippen LogP contribution in [0, 0.1) is 0 Å². The van der Waals surface area contributed by atoms with E-state index < -0.39 is 0 Å². The predicted molar refractivity (Wildman–Crippen MR) is 75.7 cm³/mol. The molecule has 0 amide bonds. The van der Waals surface area contributed by atoms with Crippen molar-refractivity contribution in [3.8, 4) is 5.75 Å². The molecule has 0 radical (unpaired) electrons. The summed E-state index contributed by atoms with van der Waals surface area (Å²) < 4.78 is 11.0. The highest BCUT2D eigenvalue weighted by Crippen LogP contribution is 2.28. The molecule has 0 spiro atoms. The molecule has 4 nitrogen and oxygen atoms in total. The van der Waals surface area contributed by atoms with E-state index in [0.717, 1.165) is 17.7 Å². The summed E-state index contributed by atoms with van der Waals surface area (Å²) in [6.07, 6.45) is 0.651. The van der Waals surface area contributed by atoms with Crippen molar-refractivity contribution >= 4 is 11.7 Å². The number of nitrogens with two attached hydrogens (primary N) is 1. The Bertz CT molecular complexity index is 614. The third kappa shape index (κ3) is 2.59. The van der Waals surface area contributed by atoms with Gasteiger partial charge >= 0.3 is 5.97 Å². The Hall–Kier alpha value is -2.49. The van der Waals surface area contributed by atoms with Gasteiger partial charge in [-0.1, -0.05) is 24.3 Å². The lowest BCUT2D eigenvalue weighted by molar-refractivity contribution is 0.0347. The van der Waals surface area contributed by atoms with Gasteiger partial charge in [-0.2, -0.15) is 0 Å². The van der Waals surface area contributed by atoms with E-state index in [-0.39, 0.29) is 18.7 Å². The first-order valence-corrected chi connectivity index (χ1v) is 6.49. The highest BCUT2D eigenvalue weighted by molar-refractivity contribution is 5.90. The Balaban J connectivity index is 1.58. The van der Waals surface area contributed by atoms with Gasteiger partial charge in [-0.25, -0.2) is 4.79 Å². The van der Waals surface area contributed by atoms with Crippen LogP contribution in [-0.4, -0.2) is 18.7 Å². The van der Waals surface area contributed by atoms with E-state index in [0.29, 0.717) is 11.3 Å².